The molecule has 3 aromatic rings. The largest absolute Gasteiger partial charge is 0.469 e. The van der Waals surface area contributed by atoms with Gasteiger partial charge < -0.3 is 15.2 Å². The van der Waals surface area contributed by atoms with Gasteiger partial charge in [0.15, 0.2) is 0 Å². The Kier molecular flexibility index (Phi) is 4.14. The molecule has 0 spiro atoms. The highest BCUT2D eigenvalue weighted by molar-refractivity contribution is 5.75. The first-order chi connectivity index (χ1) is 11.1. The third-order valence-corrected chi connectivity index (χ3v) is 3.76. The van der Waals surface area contributed by atoms with E-state index in [9.17, 15) is 9.59 Å². The van der Waals surface area contributed by atoms with Gasteiger partial charge in [-0.3, -0.25) is 14.7 Å². The molecule has 0 saturated carbocycles. The van der Waals surface area contributed by atoms with Gasteiger partial charge in [0.25, 0.3) is 5.56 Å². The van der Waals surface area contributed by atoms with Crippen molar-refractivity contribution in [1.82, 2.24) is 10.2 Å². The highest BCUT2D eigenvalue weighted by atomic mass is 16.3. The summed E-state index contributed by atoms with van der Waals surface area (Å²) in [6.45, 7) is 0. The van der Waals surface area contributed by atoms with Crippen molar-refractivity contribution >= 4 is 5.91 Å². The Bertz CT molecular complexity index is 832. The fraction of sp³-hybridized carbons (Fsp3) is 0.176. The van der Waals surface area contributed by atoms with Crippen LogP contribution >= 0.6 is 0 Å². The van der Waals surface area contributed by atoms with E-state index in [0.717, 1.165) is 11.3 Å². The van der Waals surface area contributed by atoms with Crippen molar-refractivity contribution in [2.75, 3.05) is 0 Å². The minimum atomic E-state index is -0.504. The third-order valence-electron chi connectivity index (χ3n) is 3.76. The lowest BCUT2D eigenvalue weighted by atomic mass is 9.91. The third kappa shape index (κ3) is 3.26. The minimum absolute atomic E-state index is 0.0102. The average Bonchev–Trinajstić information content (AvgIpc) is 3.17. The molecule has 1 atom stereocenters. The van der Waals surface area contributed by atoms with Gasteiger partial charge in [0.2, 0.25) is 5.91 Å². The van der Waals surface area contributed by atoms with E-state index >= 15 is 0 Å². The van der Waals surface area contributed by atoms with E-state index < -0.39 is 11.8 Å². The normalized spacial score (nSPS) is 12.2. The van der Waals surface area contributed by atoms with Crippen LogP contribution in [0, 0.1) is 0 Å². The van der Waals surface area contributed by atoms with E-state index in [4.69, 9.17) is 10.2 Å². The quantitative estimate of drug-likeness (QED) is 0.647. The number of amides is 1. The smallest absolute Gasteiger partial charge is 0.268 e. The molecular formula is C17H17N3O3. The van der Waals surface area contributed by atoms with Crippen LogP contribution in [0.5, 0.6) is 0 Å². The molecule has 6 nitrogen and oxygen atoms in total. The van der Waals surface area contributed by atoms with E-state index in [1.165, 1.54) is 6.26 Å². The molecule has 118 valence electrons. The number of furan rings is 1. The molecule has 0 aliphatic rings. The van der Waals surface area contributed by atoms with Gasteiger partial charge in [-0.2, -0.15) is 0 Å². The van der Waals surface area contributed by atoms with Gasteiger partial charge in [-0.25, -0.2) is 0 Å². The summed E-state index contributed by atoms with van der Waals surface area (Å²) in [5.74, 6) is -0.447. The van der Waals surface area contributed by atoms with Gasteiger partial charge in [-0.05, 0) is 17.7 Å². The predicted octanol–water partition coefficient (Wildman–Crippen LogP) is 1.89. The molecule has 1 aromatic carbocycles. The standard InChI is InChI=1S/C17H17N3O3/c18-15(21)10-12(14-7-4-8-23-14)16-13(19-20-17(16)22)9-11-5-2-1-3-6-11/h1-8,12H,9-10H2,(H2,18,21)(H2,19,20,22). The summed E-state index contributed by atoms with van der Waals surface area (Å²) in [7, 11) is 0. The Morgan fingerprint density at radius 1 is 1.13 bits per heavy atom. The zero-order chi connectivity index (χ0) is 16.2. The lowest BCUT2D eigenvalue weighted by Crippen LogP contribution is -2.20. The van der Waals surface area contributed by atoms with Crippen LogP contribution in [0.2, 0.25) is 0 Å². The molecular weight excluding hydrogens is 294 g/mol. The van der Waals surface area contributed by atoms with E-state index in [1.807, 2.05) is 30.3 Å². The molecule has 1 amide bonds. The molecule has 0 saturated heterocycles. The number of hydrogen-bond acceptors (Lipinski definition) is 3. The Morgan fingerprint density at radius 2 is 1.91 bits per heavy atom. The fourth-order valence-corrected chi connectivity index (χ4v) is 2.75. The molecule has 2 aromatic heterocycles. The van der Waals surface area contributed by atoms with Crippen molar-refractivity contribution in [3.63, 3.8) is 0 Å². The number of nitrogens with two attached hydrogens (primary N) is 1. The monoisotopic (exact) mass is 311 g/mol. The van der Waals surface area contributed by atoms with Gasteiger partial charge in [0.1, 0.15) is 5.76 Å². The molecule has 4 N–H and O–H groups in total. The Morgan fingerprint density at radius 3 is 2.57 bits per heavy atom. The lowest BCUT2D eigenvalue weighted by molar-refractivity contribution is -0.118. The van der Waals surface area contributed by atoms with Crippen LogP contribution in [0.15, 0.2) is 57.9 Å². The molecule has 0 bridgehead atoms. The van der Waals surface area contributed by atoms with Crippen molar-refractivity contribution in [2.45, 2.75) is 18.8 Å². The van der Waals surface area contributed by atoms with Crippen LogP contribution in [0.4, 0.5) is 0 Å². The number of nitrogens with one attached hydrogen (secondary N) is 2. The van der Waals surface area contributed by atoms with Gasteiger partial charge in [-0.15, -0.1) is 0 Å². The van der Waals surface area contributed by atoms with E-state index in [0.29, 0.717) is 17.7 Å². The number of carbonyl (C=O) groups is 1. The van der Waals surface area contributed by atoms with Crippen molar-refractivity contribution in [3.05, 3.63) is 81.7 Å². The Labute approximate surface area is 132 Å². The topological polar surface area (TPSA) is 105 Å². The average molecular weight is 311 g/mol. The molecule has 0 aliphatic heterocycles. The summed E-state index contributed by atoms with van der Waals surface area (Å²) in [5.41, 5.74) is 7.36. The maximum absolute atomic E-state index is 12.3. The summed E-state index contributed by atoms with van der Waals surface area (Å²) in [5, 5.41) is 5.51. The molecule has 1 unspecified atom stereocenters. The van der Waals surface area contributed by atoms with Crippen LogP contribution < -0.4 is 11.3 Å². The van der Waals surface area contributed by atoms with Crippen molar-refractivity contribution in [2.24, 2.45) is 5.73 Å². The van der Waals surface area contributed by atoms with Gasteiger partial charge in [0.05, 0.1) is 17.7 Å². The van der Waals surface area contributed by atoms with Gasteiger partial charge in [0, 0.05) is 18.5 Å². The van der Waals surface area contributed by atoms with E-state index in [2.05, 4.69) is 10.2 Å². The van der Waals surface area contributed by atoms with Crippen LogP contribution in [0.3, 0.4) is 0 Å². The highest BCUT2D eigenvalue weighted by Crippen LogP contribution is 2.28. The summed E-state index contributed by atoms with van der Waals surface area (Å²) >= 11 is 0. The lowest BCUT2D eigenvalue weighted by Gasteiger charge is -2.12. The summed E-state index contributed by atoms with van der Waals surface area (Å²) in [4.78, 5) is 23.7. The fourth-order valence-electron chi connectivity index (χ4n) is 2.75. The van der Waals surface area contributed by atoms with Crippen LogP contribution in [-0.4, -0.2) is 16.1 Å². The number of aromatic nitrogens is 2. The van der Waals surface area contributed by atoms with E-state index in [1.54, 1.807) is 12.1 Å². The molecule has 23 heavy (non-hydrogen) atoms. The first kappa shape index (κ1) is 14.9. The first-order valence-electron chi connectivity index (χ1n) is 7.30. The van der Waals surface area contributed by atoms with Crippen LogP contribution in [-0.2, 0) is 11.2 Å². The minimum Gasteiger partial charge on any atom is -0.469 e. The summed E-state index contributed by atoms with van der Waals surface area (Å²) < 4.78 is 5.41. The SMILES string of the molecule is NC(=O)CC(c1ccco1)c1c(Cc2ccccc2)[nH][nH]c1=O. The number of hydrogen-bond donors (Lipinski definition) is 3. The number of rotatable bonds is 6. The Hall–Kier alpha value is -3.02. The van der Waals surface area contributed by atoms with Gasteiger partial charge in [-0.1, -0.05) is 30.3 Å². The number of benzene rings is 1. The maximum atomic E-state index is 12.3. The molecule has 0 aliphatic carbocycles. The second-order valence-corrected chi connectivity index (χ2v) is 5.37. The summed E-state index contributed by atoms with van der Waals surface area (Å²) in [6, 6.07) is 13.2. The van der Waals surface area contributed by atoms with E-state index in [-0.39, 0.29) is 12.0 Å². The molecule has 6 heteroatoms. The molecule has 3 rings (SSSR count). The number of H-pyrrole nitrogens is 2. The predicted molar refractivity (Wildman–Crippen MR) is 85.0 cm³/mol. The van der Waals surface area contributed by atoms with Crippen molar-refractivity contribution in [3.8, 4) is 0 Å². The second-order valence-electron chi connectivity index (χ2n) is 5.37. The van der Waals surface area contributed by atoms with Crippen molar-refractivity contribution < 1.29 is 9.21 Å². The number of aromatic amines is 2. The van der Waals surface area contributed by atoms with Gasteiger partial charge >= 0.3 is 0 Å². The Balaban J connectivity index is 2.01. The maximum Gasteiger partial charge on any atom is 0.268 e. The van der Waals surface area contributed by atoms with Crippen LogP contribution in [0.1, 0.15) is 34.9 Å². The zero-order valence-electron chi connectivity index (χ0n) is 12.4. The second kappa shape index (κ2) is 6.39. The van der Waals surface area contributed by atoms with Crippen molar-refractivity contribution in [1.29, 1.82) is 0 Å². The number of carbonyl (C=O) groups excluding carboxylic acids is 1. The highest BCUT2D eigenvalue weighted by Gasteiger charge is 2.26. The molecule has 2 heterocycles. The first-order valence-corrected chi connectivity index (χ1v) is 7.30. The van der Waals surface area contributed by atoms with Crippen LogP contribution in [0.25, 0.3) is 0 Å². The zero-order valence-corrected chi connectivity index (χ0v) is 12.4. The number of primary amides is 1. The molecule has 0 fully saturated rings. The summed E-state index contributed by atoms with van der Waals surface area (Å²) in [6.07, 6.45) is 2.07. The molecule has 0 radical (unpaired) electrons.